The van der Waals surface area contributed by atoms with Crippen LogP contribution in [-0.2, 0) is 22.6 Å². The van der Waals surface area contributed by atoms with Crippen LogP contribution in [0, 0.1) is 0 Å². The van der Waals surface area contributed by atoms with E-state index in [0.717, 1.165) is 11.1 Å². The Balaban J connectivity index is 1.65. The molecule has 0 aliphatic carbocycles. The molecule has 1 heterocycles. The number of para-hydroxylation sites is 1. The fraction of sp³-hybridized carbons (Fsp3) is 0.263. The number of ether oxygens (including phenoxy) is 3. The standard InChI is InChI=1S/C19H20N2O6/c1-25-14-6-2-4-12(10-14)11-26-19(23)20-15-7-3-5-13-8-9-16(18(22)21-24)27-17(13)15/h2-7,10,16,24H,8-9,11H2,1H3,(H,20,23)(H,21,22)/t16-/m0/s1. The number of amides is 2. The molecule has 0 bridgehead atoms. The number of carbonyl (C=O) groups excluding carboxylic acids is 2. The molecule has 8 nitrogen and oxygen atoms in total. The molecule has 0 saturated carbocycles. The van der Waals surface area contributed by atoms with Crippen LogP contribution in [0.5, 0.6) is 11.5 Å². The summed E-state index contributed by atoms with van der Waals surface area (Å²) in [7, 11) is 1.57. The van der Waals surface area contributed by atoms with Crippen molar-refractivity contribution in [1.82, 2.24) is 5.48 Å². The number of nitrogens with one attached hydrogen (secondary N) is 2. The Morgan fingerprint density at radius 3 is 2.85 bits per heavy atom. The Kier molecular flexibility index (Phi) is 5.77. The van der Waals surface area contributed by atoms with Crippen molar-refractivity contribution in [3.63, 3.8) is 0 Å². The molecule has 3 rings (SSSR count). The third kappa shape index (κ3) is 4.48. The second-order valence-corrected chi connectivity index (χ2v) is 5.97. The van der Waals surface area contributed by atoms with Crippen LogP contribution in [-0.4, -0.2) is 30.4 Å². The van der Waals surface area contributed by atoms with Crippen molar-refractivity contribution in [2.24, 2.45) is 0 Å². The molecule has 1 atom stereocenters. The second-order valence-electron chi connectivity index (χ2n) is 5.97. The fourth-order valence-corrected chi connectivity index (χ4v) is 2.82. The lowest BCUT2D eigenvalue weighted by molar-refractivity contribution is -0.137. The number of hydrogen-bond acceptors (Lipinski definition) is 6. The first-order valence-corrected chi connectivity index (χ1v) is 8.40. The molecule has 8 heteroatoms. The lowest BCUT2D eigenvalue weighted by atomic mass is 10.0. The van der Waals surface area contributed by atoms with Gasteiger partial charge in [-0.3, -0.25) is 15.3 Å². The summed E-state index contributed by atoms with van der Waals surface area (Å²) in [4.78, 5) is 23.8. The largest absolute Gasteiger partial charge is 0.497 e. The lowest BCUT2D eigenvalue weighted by Crippen LogP contribution is -2.39. The van der Waals surface area contributed by atoms with Crippen LogP contribution in [0.15, 0.2) is 42.5 Å². The van der Waals surface area contributed by atoms with Gasteiger partial charge in [0.1, 0.15) is 18.1 Å². The molecule has 0 saturated heterocycles. The summed E-state index contributed by atoms with van der Waals surface area (Å²) >= 11 is 0. The van der Waals surface area contributed by atoms with Gasteiger partial charge in [-0.1, -0.05) is 24.3 Å². The Bertz CT molecular complexity index is 839. The van der Waals surface area contributed by atoms with E-state index >= 15 is 0 Å². The topological polar surface area (TPSA) is 106 Å². The Morgan fingerprint density at radius 1 is 1.26 bits per heavy atom. The van der Waals surface area contributed by atoms with Gasteiger partial charge in [0.05, 0.1) is 12.8 Å². The van der Waals surface area contributed by atoms with Gasteiger partial charge in [-0.25, -0.2) is 10.3 Å². The zero-order chi connectivity index (χ0) is 19.2. The minimum absolute atomic E-state index is 0.0778. The van der Waals surface area contributed by atoms with Crippen LogP contribution in [0.3, 0.4) is 0 Å². The average Bonchev–Trinajstić information content (AvgIpc) is 2.71. The van der Waals surface area contributed by atoms with Crippen molar-refractivity contribution in [1.29, 1.82) is 0 Å². The summed E-state index contributed by atoms with van der Waals surface area (Å²) in [5, 5.41) is 11.4. The Labute approximate surface area is 156 Å². The smallest absolute Gasteiger partial charge is 0.412 e. The summed E-state index contributed by atoms with van der Waals surface area (Å²) in [5.74, 6) is 0.446. The van der Waals surface area contributed by atoms with Gasteiger partial charge in [0.15, 0.2) is 6.10 Å². The van der Waals surface area contributed by atoms with Crippen molar-refractivity contribution in [2.45, 2.75) is 25.6 Å². The van der Waals surface area contributed by atoms with Gasteiger partial charge in [-0.05, 0) is 42.2 Å². The number of aryl methyl sites for hydroxylation is 1. The third-order valence-electron chi connectivity index (χ3n) is 4.18. The summed E-state index contributed by atoms with van der Waals surface area (Å²) < 4.78 is 16.0. The molecular formula is C19H20N2O6. The molecular weight excluding hydrogens is 352 g/mol. The van der Waals surface area contributed by atoms with Crippen LogP contribution in [0.1, 0.15) is 17.5 Å². The lowest BCUT2D eigenvalue weighted by Gasteiger charge is -2.26. The van der Waals surface area contributed by atoms with Crippen molar-refractivity contribution in [3.05, 3.63) is 53.6 Å². The molecule has 2 aromatic carbocycles. The highest BCUT2D eigenvalue weighted by Gasteiger charge is 2.28. The van der Waals surface area contributed by atoms with Crippen LogP contribution in [0.4, 0.5) is 10.5 Å². The predicted octanol–water partition coefficient (Wildman–Crippen LogP) is 2.64. The fourth-order valence-electron chi connectivity index (χ4n) is 2.82. The monoisotopic (exact) mass is 372 g/mol. The van der Waals surface area contributed by atoms with Crippen molar-refractivity contribution < 1.29 is 29.0 Å². The molecule has 0 radical (unpaired) electrons. The van der Waals surface area contributed by atoms with E-state index in [1.807, 2.05) is 18.2 Å². The number of methoxy groups -OCH3 is 1. The minimum Gasteiger partial charge on any atom is -0.497 e. The Morgan fingerprint density at radius 2 is 2.07 bits per heavy atom. The Hall–Kier alpha value is -3.26. The van der Waals surface area contributed by atoms with E-state index in [-0.39, 0.29) is 6.61 Å². The van der Waals surface area contributed by atoms with Crippen LogP contribution >= 0.6 is 0 Å². The maximum absolute atomic E-state index is 12.2. The molecule has 0 spiro atoms. The zero-order valence-electron chi connectivity index (χ0n) is 14.7. The van der Waals surface area contributed by atoms with Crippen LogP contribution in [0.25, 0.3) is 0 Å². The van der Waals surface area contributed by atoms with E-state index in [9.17, 15) is 9.59 Å². The van der Waals surface area contributed by atoms with E-state index < -0.39 is 18.1 Å². The molecule has 0 fully saturated rings. The van der Waals surface area contributed by atoms with Gasteiger partial charge in [0.2, 0.25) is 0 Å². The number of anilines is 1. The summed E-state index contributed by atoms with van der Waals surface area (Å²) in [5.41, 5.74) is 3.64. The molecule has 2 amide bonds. The van der Waals surface area contributed by atoms with E-state index in [4.69, 9.17) is 19.4 Å². The summed E-state index contributed by atoms with van der Waals surface area (Å²) in [6.07, 6.45) is -0.452. The number of fused-ring (bicyclic) bond motifs is 1. The molecule has 2 aromatic rings. The summed E-state index contributed by atoms with van der Waals surface area (Å²) in [6, 6.07) is 12.5. The first-order chi connectivity index (χ1) is 13.1. The first-order valence-electron chi connectivity index (χ1n) is 8.40. The van der Waals surface area contributed by atoms with Gasteiger partial charge in [0, 0.05) is 0 Å². The first kappa shape index (κ1) is 18.5. The normalized spacial score (nSPS) is 15.1. The molecule has 3 N–H and O–H groups in total. The maximum Gasteiger partial charge on any atom is 0.412 e. The number of benzene rings is 2. The van der Waals surface area contributed by atoms with Gasteiger partial charge >= 0.3 is 6.09 Å². The highest BCUT2D eigenvalue weighted by Crippen LogP contribution is 2.35. The third-order valence-corrected chi connectivity index (χ3v) is 4.18. The number of hydroxylamine groups is 1. The maximum atomic E-state index is 12.2. The van der Waals surface area contributed by atoms with Crippen LogP contribution in [0.2, 0.25) is 0 Å². The molecule has 0 aromatic heterocycles. The molecule has 142 valence electrons. The van der Waals surface area contributed by atoms with E-state index in [1.165, 1.54) is 0 Å². The number of hydrogen-bond donors (Lipinski definition) is 3. The molecule has 1 aliphatic rings. The van der Waals surface area contributed by atoms with E-state index in [2.05, 4.69) is 5.32 Å². The van der Waals surface area contributed by atoms with Gasteiger partial charge in [-0.15, -0.1) is 0 Å². The van der Waals surface area contributed by atoms with Crippen molar-refractivity contribution in [3.8, 4) is 11.5 Å². The van der Waals surface area contributed by atoms with Gasteiger partial charge in [0.25, 0.3) is 5.91 Å². The molecule has 1 aliphatic heterocycles. The summed E-state index contributed by atoms with van der Waals surface area (Å²) in [6.45, 7) is 0.0778. The number of carbonyl (C=O) groups is 2. The van der Waals surface area contributed by atoms with E-state index in [0.29, 0.717) is 30.0 Å². The van der Waals surface area contributed by atoms with Crippen LogP contribution < -0.4 is 20.3 Å². The highest BCUT2D eigenvalue weighted by atomic mass is 16.5. The zero-order valence-corrected chi connectivity index (χ0v) is 14.7. The van der Waals surface area contributed by atoms with Gasteiger partial charge in [-0.2, -0.15) is 0 Å². The number of rotatable bonds is 5. The molecule has 0 unspecified atom stereocenters. The molecule has 27 heavy (non-hydrogen) atoms. The van der Waals surface area contributed by atoms with Crippen molar-refractivity contribution in [2.75, 3.05) is 12.4 Å². The second kappa shape index (κ2) is 8.41. The highest BCUT2D eigenvalue weighted by molar-refractivity contribution is 5.88. The quantitative estimate of drug-likeness (QED) is 0.550. The van der Waals surface area contributed by atoms with E-state index in [1.54, 1.807) is 36.9 Å². The van der Waals surface area contributed by atoms with Crippen molar-refractivity contribution >= 4 is 17.7 Å². The predicted molar refractivity (Wildman–Crippen MR) is 95.9 cm³/mol. The average molecular weight is 372 g/mol. The van der Waals surface area contributed by atoms with Gasteiger partial charge < -0.3 is 14.2 Å². The SMILES string of the molecule is COc1cccc(COC(=O)Nc2cccc3c2O[C@H](C(=O)NO)CC3)c1. The minimum atomic E-state index is -0.821.